The van der Waals surface area contributed by atoms with Crippen LogP contribution in [0.1, 0.15) is 18.4 Å². The van der Waals surface area contributed by atoms with Crippen molar-refractivity contribution in [1.82, 2.24) is 10.0 Å². The van der Waals surface area contributed by atoms with Gasteiger partial charge in [-0.2, -0.15) is 0 Å². The Labute approximate surface area is 116 Å². The second kappa shape index (κ2) is 6.14. The van der Waals surface area contributed by atoms with Gasteiger partial charge in [0.2, 0.25) is 10.0 Å². The molecule has 100 valence electrons. The maximum atomic E-state index is 12.1. The standard InChI is InChI=1S/C12H17BrN2O2S/c13-12-6-2-1-4-10(12)8-15-18(16,17)11-5-3-7-14-9-11/h1-2,4,6,11,14-15H,3,5,7-9H2. The van der Waals surface area contributed by atoms with Gasteiger partial charge >= 0.3 is 0 Å². The normalized spacial score (nSPS) is 20.8. The average Bonchev–Trinajstić information content (AvgIpc) is 2.39. The summed E-state index contributed by atoms with van der Waals surface area (Å²) in [5, 5.41) is 2.81. The summed E-state index contributed by atoms with van der Waals surface area (Å²) in [7, 11) is -3.23. The molecule has 0 saturated carbocycles. The molecule has 6 heteroatoms. The molecule has 1 aromatic carbocycles. The molecule has 0 radical (unpaired) electrons. The maximum absolute atomic E-state index is 12.1. The van der Waals surface area contributed by atoms with Gasteiger partial charge in [0.1, 0.15) is 0 Å². The quantitative estimate of drug-likeness (QED) is 0.880. The lowest BCUT2D eigenvalue weighted by Gasteiger charge is -2.23. The van der Waals surface area contributed by atoms with Crippen LogP contribution in [0.5, 0.6) is 0 Å². The van der Waals surface area contributed by atoms with E-state index in [1.807, 2.05) is 24.3 Å². The fourth-order valence-corrected chi connectivity index (χ4v) is 3.85. The Morgan fingerprint density at radius 2 is 2.17 bits per heavy atom. The minimum atomic E-state index is -3.23. The molecule has 4 nitrogen and oxygen atoms in total. The van der Waals surface area contributed by atoms with E-state index in [1.54, 1.807) is 0 Å². The second-order valence-electron chi connectivity index (χ2n) is 4.43. The van der Waals surface area contributed by atoms with E-state index in [2.05, 4.69) is 26.0 Å². The van der Waals surface area contributed by atoms with Crippen molar-refractivity contribution in [3.05, 3.63) is 34.3 Å². The molecule has 1 unspecified atom stereocenters. The van der Waals surface area contributed by atoms with Gasteiger partial charge in [0.15, 0.2) is 0 Å². The number of sulfonamides is 1. The van der Waals surface area contributed by atoms with Crippen LogP contribution in [0.25, 0.3) is 0 Å². The van der Waals surface area contributed by atoms with Crippen LogP contribution in [0.15, 0.2) is 28.7 Å². The molecule has 18 heavy (non-hydrogen) atoms. The largest absolute Gasteiger partial charge is 0.315 e. The van der Waals surface area contributed by atoms with Crippen molar-refractivity contribution in [2.45, 2.75) is 24.6 Å². The first-order chi connectivity index (χ1) is 8.59. The number of hydrogen-bond acceptors (Lipinski definition) is 3. The molecule has 1 heterocycles. The fourth-order valence-electron chi connectivity index (χ4n) is 2.02. The molecule has 1 fully saturated rings. The van der Waals surface area contributed by atoms with E-state index in [9.17, 15) is 8.42 Å². The highest BCUT2D eigenvalue weighted by Gasteiger charge is 2.26. The van der Waals surface area contributed by atoms with Gasteiger partial charge in [-0.1, -0.05) is 34.1 Å². The lowest BCUT2D eigenvalue weighted by Crippen LogP contribution is -2.44. The Hall–Kier alpha value is -0.430. The van der Waals surface area contributed by atoms with Crippen molar-refractivity contribution in [2.24, 2.45) is 0 Å². The Bertz CT molecular complexity index is 499. The highest BCUT2D eigenvalue weighted by molar-refractivity contribution is 9.10. The van der Waals surface area contributed by atoms with E-state index in [0.29, 0.717) is 13.1 Å². The van der Waals surface area contributed by atoms with Crippen molar-refractivity contribution in [3.63, 3.8) is 0 Å². The number of rotatable bonds is 4. The topological polar surface area (TPSA) is 58.2 Å². The van der Waals surface area contributed by atoms with E-state index in [1.165, 1.54) is 0 Å². The third-order valence-corrected chi connectivity index (χ3v) is 5.71. The summed E-state index contributed by atoms with van der Waals surface area (Å²) in [5.74, 6) is 0. The first-order valence-electron chi connectivity index (χ1n) is 6.02. The molecule has 1 aliphatic rings. The third kappa shape index (κ3) is 3.54. The average molecular weight is 333 g/mol. The minimum Gasteiger partial charge on any atom is -0.315 e. The van der Waals surface area contributed by atoms with Gasteiger partial charge in [0.25, 0.3) is 0 Å². The summed E-state index contributed by atoms with van der Waals surface area (Å²) in [4.78, 5) is 0. The van der Waals surface area contributed by atoms with Crippen LogP contribution >= 0.6 is 15.9 Å². The van der Waals surface area contributed by atoms with Crippen LogP contribution in [0.3, 0.4) is 0 Å². The fraction of sp³-hybridized carbons (Fsp3) is 0.500. The highest BCUT2D eigenvalue weighted by Crippen LogP contribution is 2.17. The molecule has 1 aromatic rings. The van der Waals surface area contributed by atoms with Crippen molar-refractivity contribution in [2.75, 3.05) is 13.1 Å². The van der Waals surface area contributed by atoms with Crippen molar-refractivity contribution in [3.8, 4) is 0 Å². The van der Waals surface area contributed by atoms with E-state index in [4.69, 9.17) is 0 Å². The van der Waals surface area contributed by atoms with Gasteiger partial charge in [0.05, 0.1) is 5.25 Å². The monoisotopic (exact) mass is 332 g/mol. The number of piperidine rings is 1. The Balaban J connectivity index is 1.98. The zero-order chi connectivity index (χ0) is 13.0. The van der Waals surface area contributed by atoms with E-state index in [0.717, 1.165) is 29.4 Å². The van der Waals surface area contributed by atoms with Crippen molar-refractivity contribution < 1.29 is 8.42 Å². The van der Waals surface area contributed by atoms with Crippen molar-refractivity contribution >= 4 is 26.0 Å². The first kappa shape index (κ1) is 14.0. The Kier molecular flexibility index (Phi) is 4.77. The molecule has 0 amide bonds. The predicted octanol–water partition coefficient (Wildman–Crippen LogP) is 1.62. The molecule has 1 atom stereocenters. The van der Waals surface area contributed by atoms with Gasteiger partial charge < -0.3 is 5.32 Å². The van der Waals surface area contributed by atoms with Gasteiger partial charge in [-0.05, 0) is 31.0 Å². The molecule has 2 rings (SSSR count). The summed E-state index contributed by atoms with van der Waals surface area (Å²) in [6.07, 6.45) is 1.65. The third-order valence-electron chi connectivity index (χ3n) is 3.11. The zero-order valence-corrected chi connectivity index (χ0v) is 12.4. The van der Waals surface area contributed by atoms with E-state index in [-0.39, 0.29) is 5.25 Å². The lowest BCUT2D eigenvalue weighted by atomic mass is 10.2. The highest BCUT2D eigenvalue weighted by atomic mass is 79.9. The first-order valence-corrected chi connectivity index (χ1v) is 8.36. The number of halogens is 1. The molecular formula is C12H17BrN2O2S. The minimum absolute atomic E-state index is 0.311. The van der Waals surface area contributed by atoms with Crippen LogP contribution < -0.4 is 10.0 Å². The molecule has 0 aliphatic carbocycles. The Morgan fingerprint density at radius 3 is 2.83 bits per heavy atom. The SMILES string of the molecule is O=S(=O)(NCc1ccccc1Br)C1CCCNC1. The lowest BCUT2D eigenvalue weighted by molar-refractivity contribution is 0.490. The van der Waals surface area contributed by atoms with Crippen molar-refractivity contribution in [1.29, 1.82) is 0 Å². The summed E-state index contributed by atoms with van der Waals surface area (Å²) < 4.78 is 27.8. The molecule has 0 bridgehead atoms. The maximum Gasteiger partial charge on any atom is 0.216 e. The van der Waals surface area contributed by atoms with Crippen LogP contribution in [0, 0.1) is 0 Å². The van der Waals surface area contributed by atoms with Gasteiger partial charge in [-0.15, -0.1) is 0 Å². The van der Waals surface area contributed by atoms with Crippen LogP contribution in [-0.2, 0) is 16.6 Å². The molecule has 1 saturated heterocycles. The number of hydrogen-bond donors (Lipinski definition) is 2. The summed E-state index contributed by atoms with van der Waals surface area (Å²) in [5.41, 5.74) is 0.949. The molecule has 1 aliphatic heterocycles. The van der Waals surface area contributed by atoms with Gasteiger partial charge in [0, 0.05) is 17.6 Å². The summed E-state index contributed by atoms with van der Waals surface area (Å²) in [6, 6.07) is 7.63. The van der Waals surface area contributed by atoms with Gasteiger partial charge in [-0.3, -0.25) is 0 Å². The Morgan fingerprint density at radius 1 is 1.39 bits per heavy atom. The van der Waals surface area contributed by atoms with E-state index >= 15 is 0 Å². The summed E-state index contributed by atoms with van der Waals surface area (Å²) >= 11 is 3.41. The molecule has 0 aromatic heterocycles. The van der Waals surface area contributed by atoms with Crippen LogP contribution in [0.2, 0.25) is 0 Å². The van der Waals surface area contributed by atoms with Crippen LogP contribution in [-0.4, -0.2) is 26.8 Å². The summed E-state index contributed by atoms with van der Waals surface area (Å²) in [6.45, 7) is 1.79. The molecule has 0 spiro atoms. The van der Waals surface area contributed by atoms with E-state index < -0.39 is 10.0 Å². The van der Waals surface area contributed by atoms with Gasteiger partial charge in [-0.25, -0.2) is 13.1 Å². The molecular weight excluding hydrogens is 316 g/mol. The number of benzene rings is 1. The number of nitrogens with one attached hydrogen (secondary N) is 2. The van der Waals surface area contributed by atoms with Crippen LogP contribution in [0.4, 0.5) is 0 Å². The second-order valence-corrected chi connectivity index (χ2v) is 7.33. The smallest absolute Gasteiger partial charge is 0.216 e. The molecule has 2 N–H and O–H groups in total. The predicted molar refractivity (Wildman–Crippen MR) is 75.8 cm³/mol. The zero-order valence-electron chi connectivity index (χ0n) is 10.0.